The van der Waals surface area contributed by atoms with Crippen LogP contribution in [0.25, 0.3) is 0 Å². The van der Waals surface area contributed by atoms with Crippen molar-refractivity contribution in [1.29, 1.82) is 0 Å². The summed E-state index contributed by atoms with van der Waals surface area (Å²) in [5.41, 5.74) is 0.0102. The lowest BCUT2D eigenvalue weighted by Crippen LogP contribution is -2.35. The van der Waals surface area contributed by atoms with Crippen LogP contribution in [0.15, 0.2) is 46.6 Å². The number of ketones is 4. The zero-order chi connectivity index (χ0) is 22.5. The second kappa shape index (κ2) is 7.16. The Hall–Kier alpha value is -2.36. The molecule has 0 unspecified atom stereocenters. The van der Waals surface area contributed by atoms with E-state index in [4.69, 9.17) is 0 Å². The summed E-state index contributed by atoms with van der Waals surface area (Å²) in [4.78, 5) is 51.5. The smallest absolute Gasteiger partial charge is 0.183 e. The van der Waals surface area contributed by atoms with Crippen LogP contribution >= 0.6 is 0 Å². The van der Waals surface area contributed by atoms with Gasteiger partial charge in [-0.3, -0.25) is 19.2 Å². The van der Waals surface area contributed by atoms with Crippen molar-refractivity contribution in [1.82, 2.24) is 0 Å². The third kappa shape index (κ3) is 4.63. The molecule has 0 bridgehead atoms. The van der Waals surface area contributed by atoms with Gasteiger partial charge < -0.3 is 0 Å². The summed E-state index contributed by atoms with van der Waals surface area (Å²) < 4.78 is 0. The number of carbonyl (C=O) groups excluding carboxylic acids is 4. The van der Waals surface area contributed by atoms with E-state index in [2.05, 4.69) is 0 Å². The highest BCUT2D eigenvalue weighted by atomic mass is 16.1. The van der Waals surface area contributed by atoms with Gasteiger partial charge in [0.2, 0.25) is 0 Å². The minimum absolute atomic E-state index is 0.220. The number of hydrogen-bond acceptors (Lipinski definition) is 4. The molecule has 0 aromatic heterocycles. The molecule has 0 amide bonds. The van der Waals surface area contributed by atoms with Gasteiger partial charge in [0.05, 0.1) is 0 Å². The normalized spacial score (nSPS) is 19.2. The van der Waals surface area contributed by atoms with E-state index in [1.165, 1.54) is 24.3 Å². The van der Waals surface area contributed by atoms with Gasteiger partial charge in [0.1, 0.15) is 0 Å². The van der Waals surface area contributed by atoms with Crippen molar-refractivity contribution in [3.63, 3.8) is 0 Å². The Morgan fingerprint density at radius 1 is 0.517 bits per heavy atom. The fraction of sp³-hybridized carbons (Fsp3) is 0.520. The number of hydrogen-bond donors (Lipinski definition) is 0. The van der Waals surface area contributed by atoms with E-state index in [-0.39, 0.29) is 34.3 Å². The maximum atomic E-state index is 13.0. The van der Waals surface area contributed by atoms with Crippen LogP contribution in [0.1, 0.15) is 62.3 Å². The Balaban J connectivity index is 2.57. The molecule has 4 heteroatoms. The highest BCUT2D eigenvalue weighted by molar-refractivity contribution is 6.24. The van der Waals surface area contributed by atoms with Gasteiger partial charge >= 0.3 is 0 Å². The van der Waals surface area contributed by atoms with Crippen LogP contribution in [-0.2, 0) is 19.2 Å². The van der Waals surface area contributed by atoms with Crippen molar-refractivity contribution in [3.05, 3.63) is 46.6 Å². The zero-order valence-corrected chi connectivity index (χ0v) is 19.0. The molecule has 0 saturated carbocycles. The lowest BCUT2D eigenvalue weighted by Gasteiger charge is -2.36. The van der Waals surface area contributed by atoms with Gasteiger partial charge in [-0.1, -0.05) is 62.3 Å². The van der Waals surface area contributed by atoms with Gasteiger partial charge in [0.15, 0.2) is 23.1 Å². The van der Waals surface area contributed by atoms with E-state index >= 15 is 0 Å². The number of rotatable bonds is 2. The van der Waals surface area contributed by atoms with E-state index in [0.29, 0.717) is 11.1 Å². The first-order chi connectivity index (χ1) is 12.9. The van der Waals surface area contributed by atoms with E-state index in [1.54, 1.807) is 0 Å². The first kappa shape index (κ1) is 22.9. The van der Waals surface area contributed by atoms with Crippen LogP contribution < -0.4 is 0 Å². The Morgan fingerprint density at radius 2 is 0.828 bits per heavy atom. The molecular weight excluding hydrogens is 364 g/mol. The summed E-state index contributed by atoms with van der Waals surface area (Å²) in [6.07, 6.45) is 5.51. The van der Waals surface area contributed by atoms with Crippen molar-refractivity contribution < 1.29 is 19.2 Å². The van der Waals surface area contributed by atoms with Gasteiger partial charge in [-0.2, -0.15) is 0 Å². The molecule has 0 aliphatic heterocycles. The van der Waals surface area contributed by atoms with Crippen molar-refractivity contribution in [2.45, 2.75) is 62.3 Å². The lowest BCUT2D eigenvalue weighted by atomic mass is 9.66. The largest absolute Gasteiger partial charge is 0.290 e. The molecule has 2 rings (SSSR count). The third-order valence-electron chi connectivity index (χ3n) is 5.33. The molecule has 0 aromatic carbocycles. The van der Waals surface area contributed by atoms with Gasteiger partial charge in [-0.05, 0) is 40.5 Å². The van der Waals surface area contributed by atoms with Crippen LogP contribution in [0, 0.1) is 22.2 Å². The molecule has 4 nitrogen and oxygen atoms in total. The highest BCUT2D eigenvalue weighted by Gasteiger charge is 2.41. The molecule has 0 radical (unpaired) electrons. The minimum atomic E-state index is -0.647. The number of allylic oxidation sites excluding steroid dienone is 8. The molecule has 2 aliphatic carbocycles. The van der Waals surface area contributed by atoms with Gasteiger partial charge in [0.25, 0.3) is 0 Å². The first-order valence-corrected chi connectivity index (χ1v) is 9.99. The van der Waals surface area contributed by atoms with Crippen LogP contribution in [0.2, 0.25) is 0 Å². The van der Waals surface area contributed by atoms with Crippen LogP contribution in [0.4, 0.5) is 0 Å². The van der Waals surface area contributed by atoms with E-state index < -0.39 is 22.2 Å². The average molecular weight is 397 g/mol. The SMILES string of the molecule is CC(C)(C)C1=CC(=O)C(C(C2=CC(=O)C(C(C)(C)C)=CC2=O)C(C)(C)C)=CC1=O. The summed E-state index contributed by atoms with van der Waals surface area (Å²) in [6, 6.07) is 0. The molecule has 0 atom stereocenters. The molecule has 0 aromatic rings. The molecule has 0 heterocycles. The first-order valence-electron chi connectivity index (χ1n) is 9.99. The van der Waals surface area contributed by atoms with E-state index in [1.807, 2.05) is 62.3 Å². The molecule has 2 aliphatic rings. The van der Waals surface area contributed by atoms with Crippen LogP contribution in [0.5, 0.6) is 0 Å². The fourth-order valence-electron chi connectivity index (χ4n) is 3.88. The predicted molar refractivity (Wildman–Crippen MR) is 114 cm³/mol. The van der Waals surface area contributed by atoms with Gasteiger partial charge in [0, 0.05) is 28.2 Å². The maximum Gasteiger partial charge on any atom is 0.183 e. The zero-order valence-electron chi connectivity index (χ0n) is 19.0. The van der Waals surface area contributed by atoms with Crippen molar-refractivity contribution in [2.24, 2.45) is 22.2 Å². The second-order valence-corrected chi connectivity index (χ2v) is 11.1. The van der Waals surface area contributed by atoms with Crippen molar-refractivity contribution >= 4 is 23.1 Å². The summed E-state index contributed by atoms with van der Waals surface area (Å²) in [6.45, 7) is 17.0. The van der Waals surface area contributed by atoms with Gasteiger partial charge in [-0.15, -0.1) is 0 Å². The molecule has 156 valence electrons. The Morgan fingerprint density at radius 3 is 1.07 bits per heavy atom. The van der Waals surface area contributed by atoms with E-state index in [9.17, 15) is 19.2 Å². The molecular formula is C25H32O4. The maximum absolute atomic E-state index is 13.0. The summed E-state index contributed by atoms with van der Waals surface area (Å²) in [5.74, 6) is -1.64. The molecule has 0 spiro atoms. The standard InChI is InChI=1S/C25H32O4/c1-23(2,3)16-12-18(26)14(10-20(16)28)22(25(7,8)9)15-11-21(29)17(13-19(15)27)24(4,5)6/h10-13,22H,1-9H3. The molecule has 0 fully saturated rings. The van der Waals surface area contributed by atoms with Crippen molar-refractivity contribution in [3.8, 4) is 0 Å². The summed E-state index contributed by atoms with van der Waals surface area (Å²) >= 11 is 0. The topological polar surface area (TPSA) is 68.3 Å². The van der Waals surface area contributed by atoms with Crippen LogP contribution in [0.3, 0.4) is 0 Å². The highest BCUT2D eigenvalue weighted by Crippen LogP contribution is 2.43. The third-order valence-corrected chi connectivity index (χ3v) is 5.33. The second-order valence-electron chi connectivity index (χ2n) is 11.1. The minimum Gasteiger partial charge on any atom is -0.290 e. The predicted octanol–water partition coefficient (Wildman–Crippen LogP) is 4.75. The summed E-state index contributed by atoms with van der Waals surface area (Å²) in [5, 5.41) is 0. The number of carbonyl (C=O) groups is 4. The molecule has 0 N–H and O–H groups in total. The summed E-state index contributed by atoms with van der Waals surface area (Å²) in [7, 11) is 0. The van der Waals surface area contributed by atoms with Crippen LogP contribution in [-0.4, -0.2) is 23.1 Å². The monoisotopic (exact) mass is 396 g/mol. The Bertz CT molecular complexity index is 843. The molecule has 29 heavy (non-hydrogen) atoms. The Kier molecular flexibility index (Phi) is 5.66. The quantitative estimate of drug-likeness (QED) is 0.632. The fourth-order valence-corrected chi connectivity index (χ4v) is 3.88. The van der Waals surface area contributed by atoms with E-state index in [0.717, 1.165) is 0 Å². The average Bonchev–Trinajstić information content (AvgIpc) is 2.50. The van der Waals surface area contributed by atoms with Gasteiger partial charge in [-0.25, -0.2) is 0 Å². The molecule has 0 saturated heterocycles. The Labute approximate surface area is 173 Å². The van der Waals surface area contributed by atoms with Crippen molar-refractivity contribution in [2.75, 3.05) is 0 Å². The lowest BCUT2D eigenvalue weighted by molar-refractivity contribution is -0.117.